The van der Waals surface area contributed by atoms with Crippen LogP contribution in [-0.4, -0.2) is 90.3 Å². The van der Waals surface area contributed by atoms with E-state index < -0.39 is 47.1 Å². The van der Waals surface area contributed by atoms with Crippen LogP contribution in [0.15, 0.2) is 0 Å². The average molecular weight is 516 g/mol. The zero-order valence-electron chi connectivity index (χ0n) is 24.3. The number of methoxy groups -OCH3 is 1. The number of cyclic esters (lactones) is 1. The molecule has 0 aliphatic carbocycles. The van der Waals surface area contributed by atoms with Gasteiger partial charge >= 0.3 is 5.97 Å². The Hall–Kier alpha value is -1.55. The van der Waals surface area contributed by atoms with E-state index in [1.807, 2.05) is 53.6 Å². The second-order valence-electron chi connectivity index (χ2n) is 11.3. The fourth-order valence-electron chi connectivity index (χ4n) is 5.19. The van der Waals surface area contributed by atoms with E-state index in [1.165, 1.54) is 13.8 Å². The zero-order chi connectivity index (χ0) is 28.0. The molecule has 0 saturated carbocycles. The van der Waals surface area contributed by atoms with Crippen LogP contribution in [0.2, 0.25) is 0 Å². The molecule has 9 nitrogen and oxygen atoms in total. The Labute approximate surface area is 217 Å². The van der Waals surface area contributed by atoms with Gasteiger partial charge in [0, 0.05) is 25.5 Å². The molecule has 36 heavy (non-hydrogen) atoms. The van der Waals surface area contributed by atoms with Gasteiger partial charge in [-0.25, -0.2) is 0 Å². The van der Waals surface area contributed by atoms with Crippen molar-refractivity contribution >= 4 is 17.5 Å². The standard InChI is InChI=1S/C27H50N2O7/c1-12-21-27(8,33)24(31)18(4)22(28-35-14-13-29(9)10)16(2)15-26(7,34-11)20(6)17(3)23(30)19(5)25(32)36-21/h16-21,24,31,33H,12-15H2,1-11H3/p+1/t16-,17-,18+,19-,20-,21-,24-,26-,27-/m1/s1. The minimum atomic E-state index is -1.77. The zero-order valence-corrected chi connectivity index (χ0v) is 24.3. The van der Waals surface area contributed by atoms with E-state index in [1.54, 1.807) is 14.0 Å². The second kappa shape index (κ2) is 13.3. The normalized spacial score (nSPS) is 40.7. The van der Waals surface area contributed by atoms with Crippen LogP contribution in [0.4, 0.5) is 0 Å². The van der Waals surface area contributed by atoms with Crippen LogP contribution in [0.5, 0.6) is 0 Å². The number of rotatable bonds is 6. The average Bonchev–Trinajstić information content (AvgIpc) is 2.83. The molecule has 0 radical (unpaired) electrons. The number of ether oxygens (including phenoxy) is 2. The van der Waals surface area contributed by atoms with Gasteiger partial charge in [0.2, 0.25) is 5.71 Å². The molecule has 1 fully saturated rings. The molecule has 1 aliphatic heterocycles. The lowest BCUT2D eigenvalue weighted by molar-refractivity contribution is -0.756. The molecule has 0 unspecified atom stereocenters. The van der Waals surface area contributed by atoms with Crippen LogP contribution >= 0.6 is 0 Å². The van der Waals surface area contributed by atoms with Crippen molar-refractivity contribution in [1.82, 2.24) is 4.90 Å². The number of Topliss-reactive ketones (excluding diaryl/α,β-unsaturated/α-hetero) is 1. The van der Waals surface area contributed by atoms with Gasteiger partial charge in [-0.3, -0.25) is 14.4 Å². The van der Waals surface area contributed by atoms with Gasteiger partial charge in [-0.15, -0.1) is 0 Å². The summed E-state index contributed by atoms with van der Waals surface area (Å²) in [6.07, 6.45) is -1.48. The van der Waals surface area contributed by atoms with Crippen molar-refractivity contribution < 1.29 is 39.3 Å². The molecule has 1 rings (SSSR count). The van der Waals surface area contributed by atoms with Crippen molar-refractivity contribution in [3.05, 3.63) is 0 Å². The summed E-state index contributed by atoms with van der Waals surface area (Å²) in [7, 11) is 5.52. The maximum atomic E-state index is 13.3. The number of aliphatic hydroxyl groups excluding tert-OH is 1. The molecule has 1 aliphatic rings. The minimum absolute atomic E-state index is 0.150. The number of carbonyl (C=O) groups is 2. The fraction of sp³-hybridized carbons (Fsp3) is 0.889. The van der Waals surface area contributed by atoms with Crippen molar-refractivity contribution in [2.45, 2.75) is 91.6 Å². The maximum Gasteiger partial charge on any atom is 0.316 e. The van der Waals surface area contributed by atoms with Gasteiger partial charge in [-0.2, -0.15) is 0 Å². The molecule has 0 amide bonds. The van der Waals surface area contributed by atoms with Crippen molar-refractivity contribution in [2.75, 3.05) is 34.4 Å². The third-order valence-electron chi connectivity index (χ3n) is 8.33. The number of likely N-dealkylation sites (N-methyl/N-ethyl adjacent to an activating group) is 1. The number of nitrogens with one attached hydrogen (secondary N) is 1. The van der Waals surface area contributed by atoms with Crippen molar-refractivity contribution in [3.8, 4) is 0 Å². The van der Waals surface area contributed by atoms with E-state index in [0.29, 0.717) is 25.3 Å². The van der Waals surface area contributed by atoms with Crippen LogP contribution in [0, 0.1) is 29.6 Å². The number of hydrogen-bond donors (Lipinski definition) is 3. The highest BCUT2D eigenvalue weighted by Gasteiger charge is 2.49. The van der Waals surface area contributed by atoms with E-state index in [-0.39, 0.29) is 24.0 Å². The van der Waals surface area contributed by atoms with E-state index in [0.717, 1.165) is 0 Å². The number of carbonyl (C=O) groups excluding carboxylic acids is 2. The minimum Gasteiger partial charge on any atom is -0.459 e. The van der Waals surface area contributed by atoms with Crippen LogP contribution in [0.1, 0.15) is 68.2 Å². The lowest BCUT2D eigenvalue weighted by Crippen LogP contribution is -2.76. The molecule has 210 valence electrons. The van der Waals surface area contributed by atoms with Gasteiger partial charge in [0.1, 0.15) is 23.4 Å². The monoisotopic (exact) mass is 515 g/mol. The third kappa shape index (κ3) is 7.49. The van der Waals surface area contributed by atoms with Gasteiger partial charge in [-0.1, -0.05) is 34.6 Å². The molecule has 0 aromatic rings. The van der Waals surface area contributed by atoms with Crippen LogP contribution < -0.4 is 5.16 Å². The predicted molar refractivity (Wildman–Crippen MR) is 138 cm³/mol. The molecule has 1 saturated heterocycles. The highest BCUT2D eigenvalue weighted by Crippen LogP contribution is 2.37. The highest BCUT2D eigenvalue weighted by atomic mass is 16.6. The molecular weight excluding hydrogens is 464 g/mol. The summed E-state index contributed by atoms with van der Waals surface area (Å²) in [6.45, 7) is 15.4. The lowest BCUT2D eigenvalue weighted by atomic mass is 9.71. The SMILES string of the molecule is CC[C@H]1OC(=O)[C@H](C)C(=O)[C@H](C)[C@@H](C)[C@](C)(OC)C[C@@H](C)C(=[NH+]OCCN(C)C)[C@H](C)[C@@H](O)[C@]1(C)O. The third-order valence-corrected chi connectivity index (χ3v) is 8.33. The number of esters is 1. The van der Waals surface area contributed by atoms with E-state index in [9.17, 15) is 19.8 Å². The van der Waals surface area contributed by atoms with Gasteiger partial charge < -0.3 is 24.6 Å². The summed E-state index contributed by atoms with van der Waals surface area (Å²) in [6, 6.07) is 0. The van der Waals surface area contributed by atoms with Gasteiger partial charge in [0.25, 0.3) is 0 Å². The summed E-state index contributed by atoms with van der Waals surface area (Å²) >= 11 is 0. The van der Waals surface area contributed by atoms with Crippen LogP contribution in [0.25, 0.3) is 0 Å². The summed E-state index contributed by atoms with van der Waals surface area (Å²) < 4.78 is 11.6. The van der Waals surface area contributed by atoms with E-state index in [4.69, 9.17) is 14.3 Å². The fourth-order valence-corrected chi connectivity index (χ4v) is 5.19. The van der Waals surface area contributed by atoms with Crippen LogP contribution in [-0.2, 0) is 23.9 Å². The second-order valence-corrected chi connectivity index (χ2v) is 11.3. The summed E-state index contributed by atoms with van der Waals surface area (Å²) in [4.78, 5) is 34.0. The van der Waals surface area contributed by atoms with Crippen molar-refractivity contribution in [2.24, 2.45) is 29.6 Å². The Kier molecular flexibility index (Phi) is 12.0. The molecule has 0 aromatic heterocycles. The molecule has 9 heteroatoms. The topological polar surface area (TPSA) is 120 Å². The summed E-state index contributed by atoms with van der Waals surface area (Å²) in [5, 5.41) is 25.8. The smallest absolute Gasteiger partial charge is 0.316 e. The molecule has 0 aromatic carbocycles. The van der Waals surface area contributed by atoms with Crippen LogP contribution in [0.3, 0.4) is 0 Å². The Morgan fingerprint density at radius 1 is 1.11 bits per heavy atom. The first-order chi connectivity index (χ1) is 16.5. The van der Waals surface area contributed by atoms with Gasteiger partial charge in [-0.05, 0) is 58.8 Å². The molecule has 3 N–H and O–H groups in total. The Morgan fingerprint density at radius 3 is 2.19 bits per heavy atom. The molecule has 0 spiro atoms. The molecule has 9 atom stereocenters. The highest BCUT2D eigenvalue weighted by molar-refractivity contribution is 5.99. The predicted octanol–water partition coefficient (Wildman–Crippen LogP) is 0.993. The van der Waals surface area contributed by atoms with Gasteiger partial charge in [0.05, 0.1) is 17.6 Å². The number of nitrogens with zero attached hydrogens (tertiary/aromatic N) is 1. The first kappa shape index (κ1) is 32.5. The first-order valence-electron chi connectivity index (χ1n) is 13.1. The number of hydrogen-bond acceptors (Lipinski definition) is 8. The van der Waals surface area contributed by atoms with Gasteiger partial charge in [0.15, 0.2) is 6.61 Å². The quantitative estimate of drug-likeness (QED) is 0.207. The van der Waals surface area contributed by atoms with Crippen molar-refractivity contribution in [1.29, 1.82) is 0 Å². The van der Waals surface area contributed by atoms with E-state index in [2.05, 4.69) is 5.16 Å². The maximum absolute atomic E-state index is 13.3. The van der Waals surface area contributed by atoms with E-state index >= 15 is 0 Å². The summed E-state index contributed by atoms with van der Waals surface area (Å²) in [5.41, 5.74) is -1.78. The molecular formula is C27H51N2O7+. The first-order valence-corrected chi connectivity index (χ1v) is 13.1. The van der Waals surface area contributed by atoms with Crippen molar-refractivity contribution in [3.63, 3.8) is 0 Å². The lowest BCUT2D eigenvalue weighted by Gasteiger charge is -2.41. The number of ketones is 1. The number of aliphatic hydroxyl groups is 2. The largest absolute Gasteiger partial charge is 0.459 e. The Bertz CT molecular complexity index is 769. The molecule has 0 bridgehead atoms. The Morgan fingerprint density at radius 2 is 1.69 bits per heavy atom. The molecule has 1 heterocycles. The Balaban J connectivity index is 3.60. The summed E-state index contributed by atoms with van der Waals surface area (Å²) in [5.74, 6) is -3.33.